The van der Waals surface area contributed by atoms with Gasteiger partial charge in [0.15, 0.2) is 0 Å². The molecule has 1 aliphatic rings. The van der Waals surface area contributed by atoms with Gasteiger partial charge in [-0.1, -0.05) is 30.3 Å². The molecule has 1 heterocycles. The topological polar surface area (TPSA) is 87.2 Å². The normalized spacial score (nSPS) is 15.9. The molecule has 124 valence electrons. The maximum Gasteiger partial charge on any atom is 0.429 e. The van der Waals surface area contributed by atoms with E-state index < -0.39 is 18.2 Å². The van der Waals surface area contributed by atoms with Gasteiger partial charge in [-0.25, -0.2) is 19.6 Å². The lowest BCUT2D eigenvalue weighted by molar-refractivity contribution is -0.153. The van der Waals surface area contributed by atoms with Gasteiger partial charge in [0.1, 0.15) is 0 Å². The predicted molar refractivity (Wildman–Crippen MR) is 81.4 cm³/mol. The van der Waals surface area contributed by atoms with E-state index in [0.717, 1.165) is 18.4 Å². The molecule has 1 aromatic rings. The summed E-state index contributed by atoms with van der Waals surface area (Å²) in [5.41, 5.74) is 0.759. The summed E-state index contributed by atoms with van der Waals surface area (Å²) in [6.45, 7) is 2.14. The quantitative estimate of drug-likeness (QED) is 0.912. The Morgan fingerprint density at radius 3 is 2.30 bits per heavy atom. The largest absolute Gasteiger partial charge is 0.478 e. The Bertz CT molecular complexity index is 575. The molecular formula is C16H20N2O5. The Morgan fingerprint density at radius 2 is 1.74 bits per heavy atom. The molecular weight excluding hydrogens is 300 g/mol. The van der Waals surface area contributed by atoms with Crippen LogP contribution in [0.2, 0.25) is 0 Å². The van der Waals surface area contributed by atoms with E-state index in [2.05, 4.69) is 0 Å². The number of carboxylic acids is 1. The number of aliphatic carboxylic acids is 1. The van der Waals surface area contributed by atoms with E-state index in [1.807, 2.05) is 6.07 Å². The summed E-state index contributed by atoms with van der Waals surface area (Å²) in [7, 11) is 0. The van der Waals surface area contributed by atoms with Crippen molar-refractivity contribution in [3.8, 4) is 0 Å². The second kappa shape index (κ2) is 7.62. The van der Waals surface area contributed by atoms with Crippen LogP contribution < -0.4 is 0 Å². The average Bonchev–Trinajstić information content (AvgIpc) is 2.55. The SMILES string of the molecule is CC(=O)N1CCCCN1C(=O)O[C@@H](Cc1ccccc1)C(=O)O. The van der Waals surface area contributed by atoms with E-state index in [1.165, 1.54) is 16.9 Å². The smallest absolute Gasteiger partial charge is 0.429 e. The number of nitrogens with zero attached hydrogens (tertiary/aromatic N) is 2. The van der Waals surface area contributed by atoms with Crippen LogP contribution in [0, 0.1) is 0 Å². The summed E-state index contributed by atoms with van der Waals surface area (Å²) in [6, 6.07) is 8.94. The van der Waals surface area contributed by atoms with Crippen LogP contribution in [0.4, 0.5) is 4.79 Å². The van der Waals surface area contributed by atoms with Crippen LogP contribution in [0.15, 0.2) is 30.3 Å². The number of hydrazine groups is 1. The van der Waals surface area contributed by atoms with E-state index in [1.54, 1.807) is 24.3 Å². The third-order valence-corrected chi connectivity index (χ3v) is 3.64. The third kappa shape index (κ3) is 4.45. The number of rotatable bonds is 4. The van der Waals surface area contributed by atoms with Gasteiger partial charge in [0, 0.05) is 26.4 Å². The highest BCUT2D eigenvalue weighted by Gasteiger charge is 2.31. The highest BCUT2D eigenvalue weighted by molar-refractivity contribution is 5.80. The zero-order chi connectivity index (χ0) is 16.8. The highest BCUT2D eigenvalue weighted by Crippen LogP contribution is 2.15. The Hall–Kier alpha value is -2.57. The lowest BCUT2D eigenvalue weighted by atomic mass is 10.1. The number of amides is 2. The molecule has 0 radical (unpaired) electrons. The molecule has 1 aromatic carbocycles. The van der Waals surface area contributed by atoms with Gasteiger partial charge in [0.2, 0.25) is 12.0 Å². The lowest BCUT2D eigenvalue weighted by Gasteiger charge is -2.37. The molecule has 0 unspecified atom stereocenters. The molecule has 0 bridgehead atoms. The lowest BCUT2D eigenvalue weighted by Crippen LogP contribution is -2.53. The van der Waals surface area contributed by atoms with Crippen LogP contribution in [0.1, 0.15) is 25.3 Å². The van der Waals surface area contributed by atoms with Crippen molar-refractivity contribution in [3.63, 3.8) is 0 Å². The summed E-state index contributed by atoms with van der Waals surface area (Å²) in [5, 5.41) is 11.8. The summed E-state index contributed by atoms with van der Waals surface area (Å²) in [4.78, 5) is 35.2. The molecule has 0 aromatic heterocycles. The van der Waals surface area contributed by atoms with Gasteiger partial charge in [-0.05, 0) is 18.4 Å². The molecule has 1 aliphatic heterocycles. The summed E-state index contributed by atoms with van der Waals surface area (Å²) < 4.78 is 5.13. The van der Waals surface area contributed by atoms with Gasteiger partial charge in [0.25, 0.3) is 0 Å². The van der Waals surface area contributed by atoms with Crippen LogP contribution in [0.5, 0.6) is 0 Å². The first-order chi connectivity index (χ1) is 11.0. The van der Waals surface area contributed by atoms with Crippen molar-refractivity contribution in [1.82, 2.24) is 10.0 Å². The summed E-state index contributed by atoms with van der Waals surface area (Å²) in [6.07, 6.45) is -0.468. The van der Waals surface area contributed by atoms with Crippen molar-refractivity contribution in [2.45, 2.75) is 32.3 Å². The fourth-order valence-corrected chi connectivity index (χ4v) is 2.47. The second-order valence-electron chi connectivity index (χ2n) is 5.37. The highest BCUT2D eigenvalue weighted by atomic mass is 16.6. The standard InChI is InChI=1S/C16H20N2O5/c1-12(19)17-9-5-6-10-18(17)16(22)23-14(15(20)21)11-13-7-3-2-4-8-13/h2-4,7-8,14H,5-6,9-11H2,1H3,(H,20,21)/t14-/m0/s1. The van der Waals surface area contributed by atoms with Crippen LogP contribution in [0.25, 0.3) is 0 Å². The number of hydrogen-bond acceptors (Lipinski definition) is 4. The number of benzene rings is 1. The molecule has 0 saturated carbocycles. The molecule has 7 heteroatoms. The maximum atomic E-state index is 12.3. The van der Waals surface area contributed by atoms with Crippen molar-refractivity contribution in [3.05, 3.63) is 35.9 Å². The summed E-state index contributed by atoms with van der Waals surface area (Å²) in [5.74, 6) is -1.48. The molecule has 1 N–H and O–H groups in total. The van der Waals surface area contributed by atoms with E-state index in [-0.39, 0.29) is 12.3 Å². The first-order valence-electron chi connectivity index (χ1n) is 7.52. The molecule has 0 spiro atoms. The molecule has 1 saturated heterocycles. The van der Waals surface area contributed by atoms with Crippen molar-refractivity contribution in [2.75, 3.05) is 13.1 Å². The Labute approximate surface area is 134 Å². The van der Waals surface area contributed by atoms with Crippen LogP contribution in [0.3, 0.4) is 0 Å². The minimum atomic E-state index is -1.29. The predicted octanol–water partition coefficient (Wildman–Crippen LogP) is 1.68. The fraction of sp³-hybridized carbons (Fsp3) is 0.438. The second-order valence-corrected chi connectivity index (χ2v) is 5.37. The van der Waals surface area contributed by atoms with Gasteiger partial charge in [-0.2, -0.15) is 0 Å². The molecule has 1 atom stereocenters. The molecule has 2 rings (SSSR count). The van der Waals surface area contributed by atoms with E-state index in [9.17, 15) is 19.5 Å². The summed E-state index contributed by atoms with van der Waals surface area (Å²) >= 11 is 0. The van der Waals surface area contributed by atoms with Crippen molar-refractivity contribution in [2.24, 2.45) is 0 Å². The molecule has 7 nitrogen and oxygen atoms in total. The molecule has 2 amide bonds. The fourth-order valence-electron chi connectivity index (χ4n) is 2.47. The Balaban J connectivity index is 2.05. The Morgan fingerprint density at radius 1 is 1.13 bits per heavy atom. The monoisotopic (exact) mass is 320 g/mol. The zero-order valence-corrected chi connectivity index (χ0v) is 13.0. The zero-order valence-electron chi connectivity index (χ0n) is 13.0. The number of carbonyl (C=O) groups excluding carboxylic acids is 2. The van der Waals surface area contributed by atoms with Gasteiger partial charge in [0.05, 0.1) is 0 Å². The van der Waals surface area contributed by atoms with Gasteiger partial charge in [-0.15, -0.1) is 0 Å². The maximum absolute atomic E-state index is 12.3. The number of carbonyl (C=O) groups is 3. The van der Waals surface area contributed by atoms with E-state index in [0.29, 0.717) is 13.1 Å². The van der Waals surface area contributed by atoms with E-state index >= 15 is 0 Å². The van der Waals surface area contributed by atoms with Crippen LogP contribution in [-0.4, -0.2) is 52.3 Å². The minimum absolute atomic E-state index is 0.0792. The van der Waals surface area contributed by atoms with Crippen molar-refractivity contribution < 1.29 is 24.2 Å². The Kier molecular flexibility index (Phi) is 5.56. The van der Waals surface area contributed by atoms with Crippen LogP contribution in [-0.2, 0) is 20.7 Å². The van der Waals surface area contributed by atoms with Crippen LogP contribution >= 0.6 is 0 Å². The van der Waals surface area contributed by atoms with Gasteiger partial charge in [-0.3, -0.25) is 4.79 Å². The van der Waals surface area contributed by atoms with E-state index in [4.69, 9.17) is 4.74 Å². The first-order valence-corrected chi connectivity index (χ1v) is 7.52. The molecule has 1 fully saturated rings. The van der Waals surface area contributed by atoms with Crippen molar-refractivity contribution >= 4 is 18.0 Å². The van der Waals surface area contributed by atoms with Crippen molar-refractivity contribution in [1.29, 1.82) is 0 Å². The average molecular weight is 320 g/mol. The van der Waals surface area contributed by atoms with Gasteiger partial charge >= 0.3 is 12.1 Å². The molecule has 0 aliphatic carbocycles. The third-order valence-electron chi connectivity index (χ3n) is 3.64. The number of ether oxygens (including phenoxy) is 1. The molecule has 23 heavy (non-hydrogen) atoms. The first kappa shape index (κ1) is 16.8. The van der Waals surface area contributed by atoms with Gasteiger partial charge < -0.3 is 9.84 Å². The number of hydrogen-bond donors (Lipinski definition) is 1. The minimum Gasteiger partial charge on any atom is -0.478 e. The number of carboxylic acid groups (broad SMARTS) is 1.